The summed E-state index contributed by atoms with van der Waals surface area (Å²) >= 11 is 9.32. The van der Waals surface area contributed by atoms with Crippen molar-refractivity contribution in [3.63, 3.8) is 0 Å². The van der Waals surface area contributed by atoms with Gasteiger partial charge in [0.25, 0.3) is 5.56 Å². The van der Waals surface area contributed by atoms with Crippen molar-refractivity contribution in [1.82, 2.24) is 9.13 Å². The second-order valence-electron chi connectivity index (χ2n) is 6.93. The van der Waals surface area contributed by atoms with Crippen LogP contribution in [-0.4, -0.2) is 15.0 Å². The molecule has 156 valence electrons. The van der Waals surface area contributed by atoms with Crippen LogP contribution in [0.15, 0.2) is 86.9 Å². The van der Waals surface area contributed by atoms with Crippen LogP contribution in [0.3, 0.4) is 0 Å². The maximum atomic E-state index is 13.2. The van der Waals surface area contributed by atoms with E-state index >= 15 is 0 Å². The summed E-state index contributed by atoms with van der Waals surface area (Å²) < 4.78 is 3.18. The Labute approximate surface area is 190 Å². The van der Waals surface area contributed by atoms with Gasteiger partial charge in [-0.3, -0.25) is 18.7 Å². The fraction of sp³-hybridized carbons (Fsp3) is 0.0870. The molecule has 0 fully saturated rings. The quantitative estimate of drug-likeness (QED) is 0.447. The molecule has 3 aromatic carbocycles. The number of aromatic nitrogens is 2. The molecule has 0 radical (unpaired) electrons. The van der Waals surface area contributed by atoms with Gasteiger partial charge in [0.15, 0.2) is 0 Å². The van der Waals surface area contributed by atoms with Crippen molar-refractivity contribution in [2.24, 2.45) is 0 Å². The number of nitrogens with zero attached hydrogens (tertiary/aromatic N) is 2. The maximum Gasteiger partial charge on any atom is 0.332 e. The summed E-state index contributed by atoms with van der Waals surface area (Å²) in [4.78, 5) is 39.0. The second-order valence-corrected chi connectivity index (χ2v) is 8.22. The topological polar surface area (TPSA) is 73.1 Å². The third-order valence-corrected chi connectivity index (χ3v) is 5.78. The van der Waals surface area contributed by atoms with E-state index in [4.69, 9.17) is 11.6 Å². The SMILES string of the molecule is O=C(Cn1c(=O)n(Cc2ccc(Cl)cc2)c(=O)c2ccccc21)Nc1ccccc1Br. The Hall–Kier alpha value is -3.16. The summed E-state index contributed by atoms with van der Waals surface area (Å²) in [5.74, 6) is -0.379. The van der Waals surface area contributed by atoms with E-state index < -0.39 is 11.2 Å². The van der Waals surface area contributed by atoms with Crippen LogP contribution >= 0.6 is 27.5 Å². The largest absolute Gasteiger partial charge is 0.332 e. The molecule has 0 saturated heterocycles. The van der Waals surface area contributed by atoms with Crippen molar-refractivity contribution < 1.29 is 4.79 Å². The van der Waals surface area contributed by atoms with Gasteiger partial charge in [-0.15, -0.1) is 0 Å². The molecule has 1 heterocycles. The minimum atomic E-state index is -0.555. The van der Waals surface area contributed by atoms with Crippen molar-refractivity contribution in [2.75, 3.05) is 5.32 Å². The average Bonchev–Trinajstić information content (AvgIpc) is 2.77. The predicted octanol–water partition coefficient (Wildman–Crippen LogP) is 4.27. The van der Waals surface area contributed by atoms with Gasteiger partial charge in [0.2, 0.25) is 5.91 Å². The molecule has 0 aliphatic carbocycles. The highest BCUT2D eigenvalue weighted by molar-refractivity contribution is 9.10. The normalized spacial score (nSPS) is 10.9. The van der Waals surface area contributed by atoms with E-state index in [-0.39, 0.29) is 19.0 Å². The van der Waals surface area contributed by atoms with Crippen molar-refractivity contribution in [3.8, 4) is 0 Å². The highest BCUT2D eigenvalue weighted by atomic mass is 79.9. The molecule has 1 amide bonds. The fourth-order valence-electron chi connectivity index (χ4n) is 3.33. The van der Waals surface area contributed by atoms with E-state index in [9.17, 15) is 14.4 Å². The summed E-state index contributed by atoms with van der Waals surface area (Å²) in [7, 11) is 0. The van der Waals surface area contributed by atoms with E-state index in [1.807, 2.05) is 12.1 Å². The Kier molecular flexibility index (Phi) is 6.06. The predicted molar refractivity (Wildman–Crippen MR) is 126 cm³/mol. The zero-order valence-corrected chi connectivity index (χ0v) is 18.6. The van der Waals surface area contributed by atoms with Gasteiger partial charge < -0.3 is 5.32 Å². The van der Waals surface area contributed by atoms with Gasteiger partial charge in [0.05, 0.1) is 23.1 Å². The number of hydrogen-bond acceptors (Lipinski definition) is 3. The molecule has 0 bridgehead atoms. The van der Waals surface area contributed by atoms with Gasteiger partial charge in [-0.05, 0) is 57.9 Å². The highest BCUT2D eigenvalue weighted by Crippen LogP contribution is 2.21. The first-order chi connectivity index (χ1) is 14.9. The molecule has 31 heavy (non-hydrogen) atoms. The van der Waals surface area contributed by atoms with Crippen molar-refractivity contribution >= 4 is 50.0 Å². The first-order valence-electron chi connectivity index (χ1n) is 9.45. The van der Waals surface area contributed by atoms with E-state index in [1.165, 1.54) is 4.57 Å². The molecule has 8 heteroatoms. The third kappa shape index (κ3) is 4.47. The lowest BCUT2D eigenvalue weighted by Crippen LogP contribution is -2.42. The Morgan fingerprint density at radius 1 is 0.903 bits per heavy atom. The third-order valence-electron chi connectivity index (χ3n) is 4.84. The number of benzene rings is 3. The Morgan fingerprint density at radius 2 is 1.58 bits per heavy atom. The number of anilines is 1. The molecule has 0 aliphatic rings. The van der Waals surface area contributed by atoms with E-state index in [1.54, 1.807) is 60.7 Å². The molecule has 0 aliphatic heterocycles. The minimum Gasteiger partial charge on any atom is -0.324 e. The molecule has 0 saturated carbocycles. The first-order valence-corrected chi connectivity index (χ1v) is 10.6. The molecular weight excluding hydrogens is 482 g/mol. The number of rotatable bonds is 5. The molecule has 4 rings (SSSR count). The molecule has 0 spiro atoms. The van der Waals surface area contributed by atoms with Crippen LogP contribution in [0, 0.1) is 0 Å². The number of nitrogens with one attached hydrogen (secondary N) is 1. The lowest BCUT2D eigenvalue weighted by Gasteiger charge is -2.14. The maximum absolute atomic E-state index is 13.2. The number of para-hydroxylation sites is 2. The summed E-state index contributed by atoms with van der Waals surface area (Å²) in [5, 5.41) is 3.72. The van der Waals surface area contributed by atoms with Crippen LogP contribution < -0.4 is 16.6 Å². The minimum absolute atomic E-state index is 0.0749. The van der Waals surface area contributed by atoms with E-state index in [0.29, 0.717) is 21.6 Å². The summed E-state index contributed by atoms with van der Waals surface area (Å²) in [6.45, 7) is -0.160. The summed E-state index contributed by atoms with van der Waals surface area (Å²) in [5.41, 5.74) is 0.800. The van der Waals surface area contributed by atoms with Gasteiger partial charge in [-0.2, -0.15) is 0 Å². The van der Waals surface area contributed by atoms with Gasteiger partial charge in [-0.1, -0.05) is 48.0 Å². The van der Waals surface area contributed by atoms with Crippen LogP contribution in [0.25, 0.3) is 10.9 Å². The van der Waals surface area contributed by atoms with Gasteiger partial charge in [0, 0.05) is 9.50 Å². The zero-order valence-electron chi connectivity index (χ0n) is 16.2. The fourth-order valence-corrected chi connectivity index (χ4v) is 3.84. The van der Waals surface area contributed by atoms with Crippen LogP contribution in [-0.2, 0) is 17.9 Å². The average molecular weight is 499 g/mol. The number of halogens is 2. The number of carbonyl (C=O) groups is 1. The summed E-state index contributed by atoms with van der Waals surface area (Å²) in [6, 6.07) is 20.9. The highest BCUT2D eigenvalue weighted by Gasteiger charge is 2.16. The van der Waals surface area contributed by atoms with Crippen LogP contribution in [0.1, 0.15) is 5.56 Å². The lowest BCUT2D eigenvalue weighted by atomic mass is 10.2. The number of hydrogen-bond donors (Lipinski definition) is 1. The van der Waals surface area contributed by atoms with Crippen LogP contribution in [0.2, 0.25) is 5.02 Å². The van der Waals surface area contributed by atoms with Gasteiger partial charge in [0.1, 0.15) is 6.54 Å². The molecule has 0 atom stereocenters. The molecule has 1 N–H and O–H groups in total. The van der Waals surface area contributed by atoms with E-state index in [0.717, 1.165) is 14.6 Å². The number of amides is 1. The zero-order chi connectivity index (χ0) is 22.0. The Bertz CT molecular complexity index is 1390. The number of fused-ring (bicyclic) bond motifs is 1. The Balaban J connectivity index is 1.76. The summed E-state index contributed by atoms with van der Waals surface area (Å²) in [6.07, 6.45) is 0. The number of carbonyl (C=O) groups excluding carboxylic acids is 1. The van der Waals surface area contributed by atoms with Gasteiger partial charge in [-0.25, -0.2) is 4.79 Å². The molecule has 1 aromatic heterocycles. The van der Waals surface area contributed by atoms with Crippen molar-refractivity contribution in [2.45, 2.75) is 13.1 Å². The monoisotopic (exact) mass is 497 g/mol. The first kappa shape index (κ1) is 21.1. The van der Waals surface area contributed by atoms with Crippen LogP contribution in [0.4, 0.5) is 5.69 Å². The lowest BCUT2D eigenvalue weighted by molar-refractivity contribution is -0.116. The standard InChI is InChI=1S/C23H17BrClN3O3/c24-18-6-2-3-7-19(18)26-21(29)14-27-20-8-4-1-5-17(20)22(30)28(23(27)31)13-15-9-11-16(25)12-10-15/h1-12H,13-14H2,(H,26,29). The molecule has 0 unspecified atom stereocenters. The van der Waals surface area contributed by atoms with Gasteiger partial charge >= 0.3 is 5.69 Å². The molecule has 6 nitrogen and oxygen atoms in total. The van der Waals surface area contributed by atoms with E-state index in [2.05, 4.69) is 21.2 Å². The smallest absolute Gasteiger partial charge is 0.324 e. The molecular formula is C23H17BrClN3O3. The van der Waals surface area contributed by atoms with Crippen molar-refractivity contribution in [1.29, 1.82) is 0 Å². The second kappa shape index (κ2) is 8.91. The van der Waals surface area contributed by atoms with Crippen LogP contribution in [0.5, 0.6) is 0 Å². The molecule has 4 aromatic rings. The van der Waals surface area contributed by atoms with Crippen molar-refractivity contribution in [3.05, 3.63) is 109 Å². The Morgan fingerprint density at radius 3 is 2.32 bits per heavy atom.